The molecule has 0 aromatic carbocycles. The number of rotatable bonds is 4. The van der Waals surface area contributed by atoms with E-state index in [1.54, 1.807) is 0 Å². The predicted octanol–water partition coefficient (Wildman–Crippen LogP) is 0.577. The lowest BCUT2D eigenvalue weighted by molar-refractivity contribution is 0.695. The molecule has 5 nitrogen and oxygen atoms in total. The van der Waals surface area contributed by atoms with E-state index < -0.39 is 0 Å². The van der Waals surface area contributed by atoms with Gasteiger partial charge in [-0.3, -0.25) is 4.57 Å². The maximum Gasteiger partial charge on any atom is 0.224 e. The topological polar surface area (TPSA) is 68.8 Å². The second-order valence-electron chi connectivity index (χ2n) is 3.19. The van der Waals surface area contributed by atoms with E-state index in [0.29, 0.717) is 12.6 Å². The summed E-state index contributed by atoms with van der Waals surface area (Å²) in [5, 5.41) is 11.2. The highest BCUT2D eigenvalue weighted by molar-refractivity contribution is 5.26. The van der Waals surface area contributed by atoms with Crippen LogP contribution >= 0.6 is 0 Å². The van der Waals surface area contributed by atoms with Crippen LogP contribution in [0.15, 0.2) is 0 Å². The highest BCUT2D eigenvalue weighted by atomic mass is 15.4. The highest BCUT2D eigenvalue weighted by Gasteiger charge is 2.08. The van der Waals surface area contributed by atoms with Gasteiger partial charge in [0.05, 0.1) is 6.54 Å². The van der Waals surface area contributed by atoms with E-state index in [2.05, 4.69) is 29.4 Å². The first-order valence-electron chi connectivity index (χ1n) is 4.57. The van der Waals surface area contributed by atoms with Crippen LogP contribution in [0.3, 0.4) is 0 Å². The van der Waals surface area contributed by atoms with Crippen molar-refractivity contribution in [1.29, 1.82) is 0 Å². The molecule has 0 aliphatic rings. The first-order valence-corrected chi connectivity index (χ1v) is 4.57. The molecule has 0 aliphatic carbocycles. The Bertz CT molecular complexity index is 265. The summed E-state index contributed by atoms with van der Waals surface area (Å²) in [4.78, 5) is 0. The van der Waals surface area contributed by atoms with Crippen LogP contribution < -0.4 is 11.1 Å². The molecule has 1 aromatic heterocycles. The van der Waals surface area contributed by atoms with E-state index in [1.807, 2.05) is 11.5 Å². The predicted molar refractivity (Wildman–Crippen MR) is 52.3 cm³/mol. The van der Waals surface area contributed by atoms with Gasteiger partial charge in [0.2, 0.25) is 5.95 Å². The largest absolute Gasteiger partial charge is 0.352 e. The standard InChI is InChI=1S/C8H17N5/c1-4-13-7(5-9)11-12-8(13)10-6(2)3/h6H,4-5,9H2,1-3H3,(H,10,12). The summed E-state index contributed by atoms with van der Waals surface area (Å²) in [6, 6.07) is 0.361. The molecule has 0 spiro atoms. The van der Waals surface area contributed by atoms with Crippen molar-refractivity contribution in [3.63, 3.8) is 0 Å². The molecular formula is C8H17N5. The highest BCUT2D eigenvalue weighted by Crippen LogP contribution is 2.07. The van der Waals surface area contributed by atoms with Gasteiger partial charge in [-0.15, -0.1) is 10.2 Å². The minimum absolute atomic E-state index is 0.361. The minimum Gasteiger partial charge on any atom is -0.352 e. The SMILES string of the molecule is CCn1c(CN)nnc1NC(C)C. The van der Waals surface area contributed by atoms with Crippen molar-refractivity contribution in [3.05, 3.63) is 5.82 Å². The zero-order valence-electron chi connectivity index (χ0n) is 8.41. The van der Waals surface area contributed by atoms with Crippen LogP contribution in [0.5, 0.6) is 0 Å². The van der Waals surface area contributed by atoms with Gasteiger partial charge in [0, 0.05) is 12.6 Å². The molecule has 0 radical (unpaired) electrons. The molecule has 0 unspecified atom stereocenters. The van der Waals surface area contributed by atoms with E-state index in [4.69, 9.17) is 5.73 Å². The van der Waals surface area contributed by atoms with Crippen LogP contribution in [-0.4, -0.2) is 20.8 Å². The molecule has 0 saturated carbocycles. The van der Waals surface area contributed by atoms with Gasteiger partial charge in [-0.25, -0.2) is 0 Å². The summed E-state index contributed by atoms with van der Waals surface area (Å²) in [7, 11) is 0. The molecule has 3 N–H and O–H groups in total. The van der Waals surface area contributed by atoms with Gasteiger partial charge < -0.3 is 11.1 Å². The summed E-state index contributed by atoms with van der Waals surface area (Å²) < 4.78 is 1.99. The zero-order chi connectivity index (χ0) is 9.84. The van der Waals surface area contributed by atoms with Crippen LogP contribution in [0.1, 0.15) is 26.6 Å². The Balaban J connectivity index is 2.87. The molecule has 0 fully saturated rings. The van der Waals surface area contributed by atoms with Crippen molar-refractivity contribution < 1.29 is 0 Å². The van der Waals surface area contributed by atoms with Gasteiger partial charge >= 0.3 is 0 Å². The third-order valence-corrected chi connectivity index (χ3v) is 1.74. The minimum atomic E-state index is 0.361. The number of nitrogens with one attached hydrogen (secondary N) is 1. The normalized spacial score (nSPS) is 10.8. The zero-order valence-corrected chi connectivity index (χ0v) is 8.41. The fourth-order valence-electron chi connectivity index (χ4n) is 1.18. The number of hydrogen-bond acceptors (Lipinski definition) is 4. The molecule has 0 aliphatic heterocycles. The summed E-state index contributed by atoms with van der Waals surface area (Å²) in [6.07, 6.45) is 0. The van der Waals surface area contributed by atoms with Crippen molar-refractivity contribution in [1.82, 2.24) is 14.8 Å². The van der Waals surface area contributed by atoms with E-state index in [-0.39, 0.29) is 0 Å². The first kappa shape index (κ1) is 9.98. The Morgan fingerprint density at radius 2 is 2.15 bits per heavy atom. The van der Waals surface area contributed by atoms with E-state index in [1.165, 1.54) is 0 Å². The average Bonchev–Trinajstić information content (AvgIpc) is 2.45. The molecule has 0 bridgehead atoms. The summed E-state index contributed by atoms with van der Waals surface area (Å²) in [6.45, 7) is 7.46. The molecule has 0 amide bonds. The van der Waals surface area contributed by atoms with Crippen molar-refractivity contribution >= 4 is 5.95 Å². The number of anilines is 1. The van der Waals surface area contributed by atoms with Crippen LogP contribution in [0.2, 0.25) is 0 Å². The quantitative estimate of drug-likeness (QED) is 0.716. The number of nitrogens with zero attached hydrogens (tertiary/aromatic N) is 3. The maximum atomic E-state index is 5.52. The summed E-state index contributed by atoms with van der Waals surface area (Å²) in [5.41, 5.74) is 5.52. The third kappa shape index (κ3) is 2.18. The first-order chi connectivity index (χ1) is 6.19. The van der Waals surface area contributed by atoms with Crippen LogP contribution in [-0.2, 0) is 13.1 Å². The summed E-state index contributed by atoms with van der Waals surface area (Å²) in [5.74, 6) is 1.63. The van der Waals surface area contributed by atoms with Crippen molar-refractivity contribution in [2.75, 3.05) is 5.32 Å². The van der Waals surface area contributed by atoms with Gasteiger partial charge in [-0.05, 0) is 20.8 Å². The van der Waals surface area contributed by atoms with E-state index in [9.17, 15) is 0 Å². The van der Waals surface area contributed by atoms with E-state index >= 15 is 0 Å². The Morgan fingerprint density at radius 3 is 2.62 bits per heavy atom. The van der Waals surface area contributed by atoms with Gasteiger partial charge in [0.15, 0.2) is 0 Å². The number of nitrogens with two attached hydrogens (primary N) is 1. The Kier molecular flexibility index (Phi) is 3.25. The number of aromatic nitrogens is 3. The van der Waals surface area contributed by atoms with Crippen LogP contribution in [0.25, 0.3) is 0 Å². The van der Waals surface area contributed by atoms with Gasteiger partial charge in [0.25, 0.3) is 0 Å². The Labute approximate surface area is 78.3 Å². The molecule has 0 atom stereocenters. The molecule has 0 saturated heterocycles. The van der Waals surface area contributed by atoms with Gasteiger partial charge in [-0.1, -0.05) is 0 Å². The molecule has 1 heterocycles. The van der Waals surface area contributed by atoms with Gasteiger partial charge in [-0.2, -0.15) is 0 Å². The fraction of sp³-hybridized carbons (Fsp3) is 0.750. The molecule has 1 aromatic rings. The van der Waals surface area contributed by atoms with Crippen LogP contribution in [0, 0.1) is 0 Å². The number of hydrogen-bond donors (Lipinski definition) is 2. The lowest BCUT2D eigenvalue weighted by Gasteiger charge is -2.10. The molecule has 13 heavy (non-hydrogen) atoms. The van der Waals surface area contributed by atoms with Crippen molar-refractivity contribution in [2.24, 2.45) is 5.73 Å². The smallest absolute Gasteiger partial charge is 0.224 e. The Hall–Kier alpha value is -1.10. The van der Waals surface area contributed by atoms with Crippen molar-refractivity contribution in [3.8, 4) is 0 Å². The molecular weight excluding hydrogens is 166 g/mol. The Morgan fingerprint density at radius 1 is 1.46 bits per heavy atom. The van der Waals surface area contributed by atoms with Crippen molar-refractivity contribution in [2.45, 2.75) is 39.9 Å². The second kappa shape index (κ2) is 4.23. The lowest BCUT2D eigenvalue weighted by Crippen LogP contribution is -2.16. The average molecular weight is 183 g/mol. The lowest BCUT2D eigenvalue weighted by atomic mass is 10.4. The fourth-order valence-corrected chi connectivity index (χ4v) is 1.18. The molecule has 5 heteroatoms. The molecule has 1 rings (SSSR count). The summed E-state index contributed by atoms with van der Waals surface area (Å²) >= 11 is 0. The van der Waals surface area contributed by atoms with Gasteiger partial charge in [0.1, 0.15) is 5.82 Å². The van der Waals surface area contributed by atoms with Crippen LogP contribution in [0.4, 0.5) is 5.95 Å². The molecule has 74 valence electrons. The third-order valence-electron chi connectivity index (χ3n) is 1.74. The monoisotopic (exact) mass is 183 g/mol. The maximum absolute atomic E-state index is 5.52. The van der Waals surface area contributed by atoms with E-state index in [0.717, 1.165) is 18.3 Å². The second-order valence-corrected chi connectivity index (χ2v) is 3.19.